The predicted octanol–water partition coefficient (Wildman–Crippen LogP) is 0.466. The Labute approximate surface area is 76.4 Å². The van der Waals surface area contributed by atoms with E-state index in [1.165, 1.54) is 12.8 Å². The fourth-order valence-electron chi connectivity index (χ4n) is 0.869. The van der Waals surface area contributed by atoms with Crippen molar-refractivity contribution in [1.82, 2.24) is 5.32 Å². The Kier molecular flexibility index (Phi) is 3.00. The van der Waals surface area contributed by atoms with Crippen molar-refractivity contribution in [3.8, 4) is 0 Å². The molecule has 13 heavy (non-hydrogen) atoms. The highest BCUT2D eigenvalue weighted by atomic mass is 16.4. The number of rotatable bonds is 2. The van der Waals surface area contributed by atoms with Crippen LogP contribution in [0.4, 0.5) is 0 Å². The summed E-state index contributed by atoms with van der Waals surface area (Å²) in [5.74, 6) is -0.711. The van der Waals surface area contributed by atoms with Gasteiger partial charge < -0.3 is 10.4 Å². The Bertz CT molecular complexity index is 256. The number of nitrogens with one attached hydrogen (secondary N) is 2. The largest absolute Gasteiger partial charge is 0.475 e. The molecule has 0 atom stereocenters. The van der Waals surface area contributed by atoms with Gasteiger partial charge in [-0.3, -0.25) is 5.41 Å². The lowest BCUT2D eigenvalue weighted by atomic mass is 10.4. The number of carbonyl (C=O) groups is 1. The van der Waals surface area contributed by atoms with Crippen LogP contribution < -0.4 is 5.32 Å². The Hall–Kier alpha value is -1.39. The van der Waals surface area contributed by atoms with E-state index in [-0.39, 0.29) is 0 Å². The molecule has 72 valence electrons. The number of aliphatic carboxylic acids is 1. The normalized spacial score (nSPS) is 16.8. The first-order valence-electron chi connectivity index (χ1n) is 4.20. The van der Waals surface area contributed by atoms with Crippen molar-refractivity contribution in [2.75, 3.05) is 6.54 Å². The molecule has 0 aromatic heterocycles. The zero-order valence-electron chi connectivity index (χ0n) is 7.50. The van der Waals surface area contributed by atoms with E-state index < -0.39 is 11.8 Å². The molecule has 0 aliphatic heterocycles. The molecule has 1 saturated carbocycles. The molecule has 5 heteroatoms. The maximum Gasteiger partial charge on any atom is 0.373 e. The summed E-state index contributed by atoms with van der Waals surface area (Å²) in [4.78, 5) is 13.8. The van der Waals surface area contributed by atoms with Crippen LogP contribution in [0.2, 0.25) is 0 Å². The second kappa shape index (κ2) is 4.02. The van der Waals surface area contributed by atoms with Gasteiger partial charge >= 0.3 is 5.97 Å². The lowest BCUT2D eigenvalue weighted by Crippen LogP contribution is -2.25. The van der Waals surface area contributed by atoms with Gasteiger partial charge in [0.05, 0.1) is 0 Å². The molecule has 1 fully saturated rings. The van der Waals surface area contributed by atoms with Crippen molar-refractivity contribution in [2.45, 2.75) is 19.8 Å². The molecular weight excluding hydrogens is 170 g/mol. The van der Waals surface area contributed by atoms with Crippen LogP contribution in [0.15, 0.2) is 4.99 Å². The fourth-order valence-corrected chi connectivity index (χ4v) is 0.869. The van der Waals surface area contributed by atoms with Crippen molar-refractivity contribution in [2.24, 2.45) is 10.9 Å². The predicted molar refractivity (Wildman–Crippen MR) is 49.2 cm³/mol. The highest BCUT2D eigenvalue weighted by Gasteiger charge is 2.20. The average molecular weight is 183 g/mol. The molecule has 1 rings (SSSR count). The molecule has 0 radical (unpaired) electrons. The highest BCUT2D eigenvalue weighted by molar-refractivity contribution is 6.35. The summed E-state index contributed by atoms with van der Waals surface area (Å²) in [6.45, 7) is 2.50. The number of nitrogens with zero attached hydrogens (tertiary/aromatic N) is 1. The molecule has 1 aliphatic rings. The van der Waals surface area contributed by atoms with Crippen LogP contribution in [0, 0.1) is 11.3 Å². The first kappa shape index (κ1) is 9.70. The Morgan fingerprint density at radius 1 is 1.69 bits per heavy atom. The van der Waals surface area contributed by atoms with Crippen molar-refractivity contribution in [1.29, 1.82) is 5.41 Å². The number of carboxylic acids is 1. The van der Waals surface area contributed by atoms with Gasteiger partial charge in [-0.25, -0.2) is 9.79 Å². The van der Waals surface area contributed by atoms with Crippen molar-refractivity contribution in [3.63, 3.8) is 0 Å². The molecule has 0 aromatic carbocycles. The Balaban J connectivity index is 2.30. The maximum atomic E-state index is 10.2. The van der Waals surface area contributed by atoms with Crippen LogP contribution in [-0.2, 0) is 4.79 Å². The van der Waals surface area contributed by atoms with Crippen molar-refractivity contribution in [3.05, 3.63) is 0 Å². The number of hydrogen-bond acceptors (Lipinski definition) is 2. The van der Waals surface area contributed by atoms with Gasteiger partial charge in [0.15, 0.2) is 0 Å². The van der Waals surface area contributed by atoms with E-state index in [1.807, 2.05) is 0 Å². The van der Waals surface area contributed by atoms with Crippen molar-refractivity contribution >= 4 is 17.6 Å². The van der Waals surface area contributed by atoms with Crippen LogP contribution in [0.3, 0.4) is 0 Å². The minimum absolute atomic E-state index is 0.499. The molecule has 1 aliphatic carbocycles. The second-order valence-electron chi connectivity index (χ2n) is 3.18. The van der Waals surface area contributed by atoms with Gasteiger partial charge in [-0.1, -0.05) is 0 Å². The zero-order valence-corrected chi connectivity index (χ0v) is 7.50. The molecule has 0 spiro atoms. The maximum absolute atomic E-state index is 10.2. The van der Waals surface area contributed by atoms with E-state index in [0.717, 1.165) is 6.54 Å². The van der Waals surface area contributed by atoms with E-state index in [9.17, 15) is 4.79 Å². The first-order chi connectivity index (χ1) is 6.09. The minimum Gasteiger partial charge on any atom is -0.475 e. The monoisotopic (exact) mass is 183 g/mol. The lowest BCUT2D eigenvalue weighted by Gasteiger charge is -2.02. The molecular formula is C8H13N3O2. The van der Waals surface area contributed by atoms with Gasteiger partial charge in [-0.05, 0) is 25.7 Å². The average Bonchev–Trinajstić information content (AvgIpc) is 2.83. The van der Waals surface area contributed by atoms with Crippen molar-refractivity contribution < 1.29 is 9.90 Å². The standard InChI is InChI=1S/C8H13N3O2/c1-5(10-4-6-2-3-6)11-7(9)8(12)13/h6H,2-4H2,1H3,(H,12,13)(H2,9,10,11). The van der Waals surface area contributed by atoms with E-state index in [2.05, 4.69) is 10.3 Å². The van der Waals surface area contributed by atoms with Crippen LogP contribution in [0.5, 0.6) is 0 Å². The van der Waals surface area contributed by atoms with Crippen LogP contribution >= 0.6 is 0 Å². The third kappa shape index (κ3) is 3.68. The SMILES string of the molecule is C/C(=N\C(=N)C(=O)O)NCC1CC1. The van der Waals surface area contributed by atoms with Gasteiger partial charge in [0.1, 0.15) is 5.84 Å². The topological polar surface area (TPSA) is 85.5 Å². The van der Waals surface area contributed by atoms with Gasteiger partial charge in [-0.15, -0.1) is 0 Å². The third-order valence-electron chi connectivity index (χ3n) is 1.83. The summed E-state index contributed by atoms with van der Waals surface area (Å²) >= 11 is 0. The van der Waals surface area contributed by atoms with Crippen LogP contribution in [0.1, 0.15) is 19.8 Å². The van der Waals surface area contributed by atoms with E-state index in [0.29, 0.717) is 11.8 Å². The van der Waals surface area contributed by atoms with Gasteiger partial charge in [-0.2, -0.15) is 0 Å². The Morgan fingerprint density at radius 2 is 2.31 bits per heavy atom. The zero-order chi connectivity index (χ0) is 9.84. The smallest absolute Gasteiger partial charge is 0.373 e. The molecule has 0 bridgehead atoms. The molecule has 0 heterocycles. The molecule has 0 saturated heterocycles. The highest BCUT2D eigenvalue weighted by Crippen LogP contribution is 2.27. The minimum atomic E-state index is -1.30. The lowest BCUT2D eigenvalue weighted by molar-refractivity contribution is -0.129. The quantitative estimate of drug-likeness (QED) is 0.429. The molecule has 0 aromatic rings. The second-order valence-corrected chi connectivity index (χ2v) is 3.18. The number of hydrogen-bond donors (Lipinski definition) is 3. The van der Waals surface area contributed by atoms with Crippen LogP contribution in [-0.4, -0.2) is 29.3 Å². The first-order valence-corrected chi connectivity index (χ1v) is 4.20. The summed E-state index contributed by atoms with van der Waals surface area (Å²) < 4.78 is 0. The summed E-state index contributed by atoms with van der Waals surface area (Å²) in [6.07, 6.45) is 2.47. The summed E-state index contributed by atoms with van der Waals surface area (Å²) in [5, 5.41) is 18.3. The summed E-state index contributed by atoms with van der Waals surface area (Å²) in [5.41, 5.74) is 0. The Morgan fingerprint density at radius 3 is 2.77 bits per heavy atom. The van der Waals surface area contributed by atoms with Gasteiger partial charge in [0.2, 0.25) is 5.84 Å². The van der Waals surface area contributed by atoms with E-state index in [1.54, 1.807) is 6.92 Å². The van der Waals surface area contributed by atoms with Gasteiger partial charge in [0, 0.05) is 6.54 Å². The molecule has 5 nitrogen and oxygen atoms in total. The fraction of sp³-hybridized carbons (Fsp3) is 0.625. The molecule has 0 unspecified atom stereocenters. The summed E-state index contributed by atoms with van der Waals surface area (Å²) in [6, 6.07) is 0. The van der Waals surface area contributed by atoms with E-state index in [4.69, 9.17) is 10.5 Å². The van der Waals surface area contributed by atoms with Gasteiger partial charge in [0.25, 0.3) is 0 Å². The summed E-state index contributed by atoms with van der Waals surface area (Å²) in [7, 11) is 0. The molecule has 0 amide bonds. The third-order valence-corrected chi connectivity index (χ3v) is 1.83. The number of amidine groups is 2. The van der Waals surface area contributed by atoms with Crippen LogP contribution in [0.25, 0.3) is 0 Å². The number of carboxylic acid groups (broad SMARTS) is 1. The number of aliphatic imine (C=N–C) groups is 1. The molecule has 3 N–H and O–H groups in total. The van der Waals surface area contributed by atoms with E-state index >= 15 is 0 Å².